The Bertz CT molecular complexity index is 351. The van der Waals surface area contributed by atoms with Crippen LogP contribution >= 0.6 is 0 Å². The number of hydrogen-bond acceptors (Lipinski definition) is 3. The molecule has 1 aromatic carbocycles. The number of aliphatic hydroxyl groups excluding tert-OH is 1. The van der Waals surface area contributed by atoms with E-state index in [1.54, 1.807) is 31.2 Å². The average Bonchev–Trinajstić information content (AvgIpc) is 2.24. The Kier molecular flexibility index (Phi) is 4.79. The molecule has 16 heavy (non-hydrogen) atoms. The van der Waals surface area contributed by atoms with Gasteiger partial charge in [0, 0.05) is 12.2 Å². The summed E-state index contributed by atoms with van der Waals surface area (Å²) < 4.78 is 0. The standard InChI is InChI=1S/C12H18N2O2/c1-9(15)5-4-8-14-12(16)10-6-2-3-7-11(10)13/h2-3,6-7,9,15H,4-5,8,13H2,1H3,(H,14,16). The Labute approximate surface area is 95.5 Å². The van der Waals surface area contributed by atoms with E-state index in [-0.39, 0.29) is 12.0 Å². The van der Waals surface area contributed by atoms with Crippen LogP contribution in [0, 0.1) is 0 Å². The van der Waals surface area contributed by atoms with Gasteiger partial charge in [-0.25, -0.2) is 0 Å². The number of carbonyl (C=O) groups excluding carboxylic acids is 1. The quantitative estimate of drug-likeness (QED) is 0.517. The number of anilines is 1. The molecular formula is C12H18N2O2. The van der Waals surface area contributed by atoms with Crippen molar-refractivity contribution in [2.24, 2.45) is 0 Å². The molecule has 0 spiro atoms. The number of nitrogens with two attached hydrogens (primary N) is 1. The van der Waals surface area contributed by atoms with Gasteiger partial charge in [0.2, 0.25) is 0 Å². The predicted molar refractivity (Wildman–Crippen MR) is 64.1 cm³/mol. The second kappa shape index (κ2) is 6.12. The molecule has 0 radical (unpaired) electrons. The van der Waals surface area contributed by atoms with E-state index in [1.165, 1.54) is 0 Å². The predicted octanol–water partition coefficient (Wildman–Crippen LogP) is 1.16. The van der Waals surface area contributed by atoms with Gasteiger partial charge in [-0.2, -0.15) is 0 Å². The molecule has 4 nitrogen and oxygen atoms in total. The molecule has 4 N–H and O–H groups in total. The molecule has 0 aliphatic heterocycles. The van der Waals surface area contributed by atoms with Crippen LogP contribution in [0.5, 0.6) is 0 Å². The molecule has 88 valence electrons. The summed E-state index contributed by atoms with van der Waals surface area (Å²) >= 11 is 0. The number of nitrogens with one attached hydrogen (secondary N) is 1. The minimum atomic E-state index is -0.321. The molecule has 0 aliphatic carbocycles. The van der Waals surface area contributed by atoms with Gasteiger partial charge < -0.3 is 16.2 Å². The third-order valence-electron chi connectivity index (χ3n) is 2.29. The number of hydrogen-bond donors (Lipinski definition) is 3. The van der Waals surface area contributed by atoms with Gasteiger partial charge in [-0.15, -0.1) is 0 Å². The highest BCUT2D eigenvalue weighted by molar-refractivity contribution is 5.98. The van der Waals surface area contributed by atoms with Crippen LogP contribution in [0.2, 0.25) is 0 Å². The first kappa shape index (κ1) is 12.5. The van der Waals surface area contributed by atoms with E-state index in [4.69, 9.17) is 10.8 Å². The van der Waals surface area contributed by atoms with E-state index < -0.39 is 0 Å². The fourth-order valence-corrected chi connectivity index (χ4v) is 1.40. The molecule has 0 aromatic heterocycles. The van der Waals surface area contributed by atoms with Crippen LogP contribution in [0.4, 0.5) is 5.69 Å². The summed E-state index contributed by atoms with van der Waals surface area (Å²) in [6.07, 6.45) is 1.12. The van der Waals surface area contributed by atoms with Crippen molar-refractivity contribution in [2.45, 2.75) is 25.9 Å². The normalized spacial score (nSPS) is 12.1. The van der Waals surface area contributed by atoms with E-state index in [9.17, 15) is 4.79 Å². The average molecular weight is 222 g/mol. The molecule has 0 aliphatic rings. The molecule has 0 saturated heterocycles. The van der Waals surface area contributed by atoms with Crippen molar-refractivity contribution >= 4 is 11.6 Å². The largest absolute Gasteiger partial charge is 0.398 e. The van der Waals surface area contributed by atoms with Crippen molar-refractivity contribution in [2.75, 3.05) is 12.3 Å². The minimum Gasteiger partial charge on any atom is -0.398 e. The summed E-state index contributed by atoms with van der Waals surface area (Å²) in [5, 5.41) is 11.8. The second-order valence-electron chi connectivity index (χ2n) is 3.83. The molecule has 1 amide bonds. The van der Waals surface area contributed by atoms with E-state index in [0.717, 1.165) is 6.42 Å². The molecule has 0 bridgehead atoms. The molecule has 0 fully saturated rings. The Balaban J connectivity index is 2.39. The summed E-state index contributed by atoms with van der Waals surface area (Å²) in [6, 6.07) is 6.96. The van der Waals surface area contributed by atoms with Gasteiger partial charge >= 0.3 is 0 Å². The molecular weight excluding hydrogens is 204 g/mol. The van der Waals surface area contributed by atoms with E-state index >= 15 is 0 Å². The topological polar surface area (TPSA) is 75.3 Å². The lowest BCUT2D eigenvalue weighted by molar-refractivity contribution is 0.0950. The Hall–Kier alpha value is -1.55. The fourth-order valence-electron chi connectivity index (χ4n) is 1.40. The molecule has 1 aromatic rings. The SMILES string of the molecule is CC(O)CCCNC(=O)c1ccccc1N. The van der Waals surface area contributed by atoms with Crippen molar-refractivity contribution in [3.63, 3.8) is 0 Å². The van der Waals surface area contributed by atoms with Gasteiger partial charge in [0.25, 0.3) is 5.91 Å². The summed E-state index contributed by atoms with van der Waals surface area (Å²) in [5.41, 5.74) is 6.65. The highest BCUT2D eigenvalue weighted by Gasteiger charge is 2.07. The van der Waals surface area contributed by atoms with Gasteiger partial charge in [-0.1, -0.05) is 12.1 Å². The zero-order valence-electron chi connectivity index (χ0n) is 9.44. The Morgan fingerprint density at radius 3 is 2.81 bits per heavy atom. The van der Waals surface area contributed by atoms with Crippen molar-refractivity contribution < 1.29 is 9.90 Å². The van der Waals surface area contributed by atoms with Crippen molar-refractivity contribution in [3.8, 4) is 0 Å². The van der Waals surface area contributed by atoms with E-state index in [0.29, 0.717) is 24.2 Å². The Morgan fingerprint density at radius 2 is 2.19 bits per heavy atom. The highest BCUT2D eigenvalue weighted by Crippen LogP contribution is 2.09. The first-order valence-corrected chi connectivity index (χ1v) is 5.42. The lowest BCUT2D eigenvalue weighted by Crippen LogP contribution is -2.25. The molecule has 0 saturated carbocycles. The molecule has 0 heterocycles. The second-order valence-corrected chi connectivity index (χ2v) is 3.83. The Morgan fingerprint density at radius 1 is 1.50 bits per heavy atom. The monoisotopic (exact) mass is 222 g/mol. The molecule has 1 atom stereocenters. The summed E-state index contributed by atoms with van der Waals surface area (Å²) in [7, 11) is 0. The number of carbonyl (C=O) groups is 1. The third-order valence-corrected chi connectivity index (χ3v) is 2.29. The van der Waals surface area contributed by atoms with Gasteiger partial charge in [0.15, 0.2) is 0 Å². The van der Waals surface area contributed by atoms with Crippen LogP contribution in [-0.2, 0) is 0 Å². The maximum absolute atomic E-state index is 11.7. The first-order chi connectivity index (χ1) is 7.61. The molecule has 1 unspecified atom stereocenters. The third kappa shape index (κ3) is 3.90. The lowest BCUT2D eigenvalue weighted by Gasteiger charge is -2.08. The van der Waals surface area contributed by atoms with Crippen molar-refractivity contribution in [1.29, 1.82) is 0 Å². The zero-order valence-corrected chi connectivity index (χ0v) is 9.44. The van der Waals surface area contributed by atoms with Crippen LogP contribution < -0.4 is 11.1 Å². The summed E-state index contributed by atoms with van der Waals surface area (Å²) in [5.74, 6) is -0.163. The van der Waals surface area contributed by atoms with Gasteiger partial charge in [-0.05, 0) is 31.9 Å². The number of nitrogen functional groups attached to an aromatic ring is 1. The minimum absolute atomic E-state index is 0.163. The maximum atomic E-state index is 11.7. The van der Waals surface area contributed by atoms with Crippen LogP contribution in [0.1, 0.15) is 30.1 Å². The fraction of sp³-hybridized carbons (Fsp3) is 0.417. The van der Waals surface area contributed by atoms with Crippen molar-refractivity contribution in [1.82, 2.24) is 5.32 Å². The van der Waals surface area contributed by atoms with Crippen LogP contribution in [-0.4, -0.2) is 23.7 Å². The highest BCUT2D eigenvalue weighted by atomic mass is 16.3. The number of para-hydroxylation sites is 1. The number of aliphatic hydroxyl groups is 1. The lowest BCUT2D eigenvalue weighted by atomic mass is 10.1. The van der Waals surface area contributed by atoms with Crippen LogP contribution in [0.25, 0.3) is 0 Å². The van der Waals surface area contributed by atoms with E-state index in [1.807, 2.05) is 0 Å². The van der Waals surface area contributed by atoms with Crippen LogP contribution in [0.3, 0.4) is 0 Å². The molecule has 1 rings (SSSR count). The summed E-state index contributed by atoms with van der Waals surface area (Å²) in [4.78, 5) is 11.7. The number of benzene rings is 1. The van der Waals surface area contributed by atoms with Gasteiger partial charge in [0.05, 0.1) is 11.7 Å². The number of amides is 1. The number of rotatable bonds is 5. The van der Waals surface area contributed by atoms with Gasteiger partial charge in [-0.3, -0.25) is 4.79 Å². The maximum Gasteiger partial charge on any atom is 0.253 e. The van der Waals surface area contributed by atoms with Gasteiger partial charge in [0.1, 0.15) is 0 Å². The molecule has 4 heteroatoms. The summed E-state index contributed by atoms with van der Waals surface area (Å²) in [6.45, 7) is 2.29. The van der Waals surface area contributed by atoms with Crippen molar-refractivity contribution in [3.05, 3.63) is 29.8 Å². The van der Waals surface area contributed by atoms with Crippen LogP contribution in [0.15, 0.2) is 24.3 Å². The zero-order chi connectivity index (χ0) is 12.0. The van der Waals surface area contributed by atoms with E-state index in [2.05, 4.69) is 5.32 Å². The smallest absolute Gasteiger partial charge is 0.253 e. The first-order valence-electron chi connectivity index (χ1n) is 5.42.